The first kappa shape index (κ1) is 13.9. The monoisotopic (exact) mass is 285 g/mol. The topological polar surface area (TPSA) is 66.4 Å². The van der Waals surface area contributed by atoms with Crippen molar-refractivity contribution in [3.63, 3.8) is 0 Å². The average Bonchev–Trinajstić information content (AvgIpc) is 2.35. The Kier molecular flexibility index (Phi) is 3.12. The number of allylic oxidation sites excluding steroid dienone is 2. The Morgan fingerprint density at radius 2 is 2.00 bits per heavy atom. The van der Waals surface area contributed by atoms with Crippen LogP contribution in [0.2, 0.25) is 0 Å². The lowest BCUT2D eigenvalue weighted by Gasteiger charge is -2.37. The molecular formula is C17H19NO3. The summed E-state index contributed by atoms with van der Waals surface area (Å²) in [6, 6.07) is 6.84. The molecule has 1 aromatic carbocycles. The van der Waals surface area contributed by atoms with Crippen molar-refractivity contribution in [2.75, 3.05) is 0 Å². The molecule has 0 bridgehead atoms. The Morgan fingerprint density at radius 3 is 2.71 bits per heavy atom. The number of nitrogens with one attached hydrogen (secondary N) is 1. The third-order valence-corrected chi connectivity index (χ3v) is 4.22. The molecule has 3 rings (SSSR count). The molecule has 2 aliphatic rings. The molecule has 1 aliphatic heterocycles. The van der Waals surface area contributed by atoms with Gasteiger partial charge in [-0.25, -0.2) is 0 Å². The van der Waals surface area contributed by atoms with Crippen LogP contribution >= 0.6 is 0 Å². The van der Waals surface area contributed by atoms with E-state index in [1.165, 1.54) is 0 Å². The smallest absolute Gasteiger partial charge is 0.225 e. The molecule has 1 amide bonds. The zero-order valence-electron chi connectivity index (χ0n) is 12.3. The van der Waals surface area contributed by atoms with E-state index in [2.05, 4.69) is 5.32 Å². The number of phenols is 1. The van der Waals surface area contributed by atoms with Crippen LogP contribution in [0.1, 0.15) is 44.6 Å². The number of ketones is 1. The fourth-order valence-corrected chi connectivity index (χ4v) is 3.38. The predicted octanol–water partition coefficient (Wildman–Crippen LogP) is 2.64. The second kappa shape index (κ2) is 4.72. The minimum Gasteiger partial charge on any atom is -0.508 e. The highest BCUT2D eigenvalue weighted by atomic mass is 16.3. The normalized spacial score (nSPS) is 24.6. The molecule has 0 spiro atoms. The third-order valence-electron chi connectivity index (χ3n) is 4.22. The van der Waals surface area contributed by atoms with Gasteiger partial charge in [-0.15, -0.1) is 0 Å². The number of carbonyl (C=O) groups excluding carboxylic acids is 2. The van der Waals surface area contributed by atoms with Crippen LogP contribution in [0.3, 0.4) is 0 Å². The van der Waals surface area contributed by atoms with Crippen LogP contribution in [0.5, 0.6) is 5.75 Å². The molecule has 0 fully saturated rings. The van der Waals surface area contributed by atoms with Gasteiger partial charge < -0.3 is 10.4 Å². The van der Waals surface area contributed by atoms with Gasteiger partial charge in [0.15, 0.2) is 5.78 Å². The Labute approximate surface area is 123 Å². The van der Waals surface area contributed by atoms with Crippen molar-refractivity contribution < 1.29 is 14.7 Å². The standard InChI is InChI=1S/C17H19NO3/c1-17(2)8-13-16(14(20)9-17)12(7-15(21)18-13)10-4-3-5-11(19)6-10/h3-6,12,19H,7-9H2,1-2H3,(H,18,21). The van der Waals surface area contributed by atoms with E-state index in [-0.39, 0.29) is 35.2 Å². The highest BCUT2D eigenvalue weighted by Crippen LogP contribution is 2.44. The summed E-state index contributed by atoms with van der Waals surface area (Å²) >= 11 is 0. The first-order valence-corrected chi connectivity index (χ1v) is 7.21. The van der Waals surface area contributed by atoms with E-state index in [1.807, 2.05) is 19.9 Å². The maximum absolute atomic E-state index is 12.5. The molecule has 0 radical (unpaired) electrons. The zero-order chi connectivity index (χ0) is 15.2. The predicted molar refractivity (Wildman–Crippen MR) is 78.7 cm³/mol. The molecule has 2 N–H and O–H groups in total. The number of Topliss-reactive ketones (excluding diaryl/α,β-unsaturated/α-hetero) is 1. The number of hydrogen-bond acceptors (Lipinski definition) is 3. The number of carbonyl (C=O) groups is 2. The molecule has 0 aromatic heterocycles. The Morgan fingerprint density at radius 1 is 1.24 bits per heavy atom. The summed E-state index contributed by atoms with van der Waals surface area (Å²) in [7, 11) is 0. The molecule has 1 heterocycles. The molecule has 110 valence electrons. The van der Waals surface area contributed by atoms with Crippen LogP contribution < -0.4 is 5.32 Å². The van der Waals surface area contributed by atoms with Crippen LogP contribution in [0, 0.1) is 5.41 Å². The number of rotatable bonds is 1. The second-order valence-corrected chi connectivity index (χ2v) is 6.73. The van der Waals surface area contributed by atoms with E-state index in [0.29, 0.717) is 12.8 Å². The number of hydrogen-bond donors (Lipinski definition) is 2. The van der Waals surface area contributed by atoms with Crippen LogP contribution in [0.4, 0.5) is 0 Å². The maximum atomic E-state index is 12.5. The number of aromatic hydroxyl groups is 1. The summed E-state index contributed by atoms with van der Waals surface area (Å²) in [5, 5.41) is 12.5. The van der Waals surface area contributed by atoms with Crippen LogP contribution in [0.25, 0.3) is 0 Å². The van der Waals surface area contributed by atoms with Crippen LogP contribution in [-0.2, 0) is 9.59 Å². The van der Waals surface area contributed by atoms with Crippen molar-refractivity contribution in [1.29, 1.82) is 0 Å². The largest absolute Gasteiger partial charge is 0.508 e. The van der Waals surface area contributed by atoms with E-state index < -0.39 is 0 Å². The molecule has 4 heteroatoms. The van der Waals surface area contributed by atoms with Gasteiger partial charge in [0, 0.05) is 30.0 Å². The lowest BCUT2D eigenvalue weighted by atomic mass is 9.70. The van der Waals surface area contributed by atoms with Gasteiger partial charge in [-0.2, -0.15) is 0 Å². The molecule has 1 atom stereocenters. The quantitative estimate of drug-likeness (QED) is 0.833. The summed E-state index contributed by atoms with van der Waals surface area (Å²) < 4.78 is 0. The van der Waals surface area contributed by atoms with Gasteiger partial charge in [-0.3, -0.25) is 9.59 Å². The van der Waals surface area contributed by atoms with Crippen molar-refractivity contribution >= 4 is 11.7 Å². The van der Waals surface area contributed by atoms with E-state index in [1.54, 1.807) is 18.2 Å². The highest BCUT2D eigenvalue weighted by Gasteiger charge is 2.40. The summed E-state index contributed by atoms with van der Waals surface area (Å²) in [5.41, 5.74) is 2.19. The lowest BCUT2D eigenvalue weighted by molar-refractivity contribution is -0.122. The molecule has 1 aliphatic carbocycles. The van der Waals surface area contributed by atoms with Gasteiger partial charge in [0.25, 0.3) is 0 Å². The highest BCUT2D eigenvalue weighted by molar-refractivity contribution is 6.02. The SMILES string of the molecule is CC1(C)CC(=O)C2=C(C1)NC(=O)CC2c1cccc(O)c1. The van der Waals surface area contributed by atoms with Crippen LogP contribution in [-0.4, -0.2) is 16.8 Å². The van der Waals surface area contributed by atoms with Gasteiger partial charge in [0.1, 0.15) is 5.75 Å². The Balaban J connectivity index is 2.08. The van der Waals surface area contributed by atoms with Gasteiger partial charge in [0.05, 0.1) is 0 Å². The number of phenolic OH excluding ortho intramolecular Hbond substituents is 1. The maximum Gasteiger partial charge on any atom is 0.225 e. The second-order valence-electron chi connectivity index (χ2n) is 6.73. The summed E-state index contributed by atoms with van der Waals surface area (Å²) in [6.07, 6.45) is 1.46. The van der Waals surface area contributed by atoms with Crippen molar-refractivity contribution in [2.24, 2.45) is 5.41 Å². The fourth-order valence-electron chi connectivity index (χ4n) is 3.38. The first-order valence-electron chi connectivity index (χ1n) is 7.21. The van der Waals surface area contributed by atoms with Gasteiger partial charge in [-0.1, -0.05) is 26.0 Å². The molecule has 21 heavy (non-hydrogen) atoms. The zero-order valence-corrected chi connectivity index (χ0v) is 12.3. The van der Waals surface area contributed by atoms with Crippen molar-refractivity contribution in [3.8, 4) is 5.75 Å². The van der Waals surface area contributed by atoms with Gasteiger partial charge in [0.2, 0.25) is 5.91 Å². The molecule has 1 aromatic rings. The number of amides is 1. The van der Waals surface area contributed by atoms with Gasteiger partial charge >= 0.3 is 0 Å². The molecule has 0 saturated carbocycles. The fraction of sp³-hybridized carbons (Fsp3) is 0.412. The van der Waals surface area contributed by atoms with E-state index in [9.17, 15) is 14.7 Å². The first-order chi connectivity index (χ1) is 9.85. The summed E-state index contributed by atoms with van der Waals surface area (Å²) in [5.74, 6) is -0.0455. The molecular weight excluding hydrogens is 266 g/mol. The van der Waals surface area contributed by atoms with Crippen molar-refractivity contribution in [2.45, 2.75) is 39.0 Å². The molecule has 4 nitrogen and oxygen atoms in total. The van der Waals surface area contributed by atoms with E-state index >= 15 is 0 Å². The van der Waals surface area contributed by atoms with Gasteiger partial charge in [-0.05, 0) is 29.5 Å². The summed E-state index contributed by atoms with van der Waals surface area (Å²) in [6.45, 7) is 4.08. The minimum atomic E-state index is -0.246. The average molecular weight is 285 g/mol. The van der Waals surface area contributed by atoms with E-state index in [0.717, 1.165) is 16.8 Å². The Bertz CT molecular complexity index is 658. The van der Waals surface area contributed by atoms with E-state index in [4.69, 9.17) is 0 Å². The lowest BCUT2D eigenvalue weighted by Crippen LogP contribution is -2.40. The molecule has 0 saturated heterocycles. The van der Waals surface area contributed by atoms with Crippen molar-refractivity contribution in [1.82, 2.24) is 5.32 Å². The minimum absolute atomic E-state index is 0.0624. The third kappa shape index (κ3) is 2.58. The van der Waals surface area contributed by atoms with Crippen molar-refractivity contribution in [3.05, 3.63) is 41.1 Å². The van der Waals surface area contributed by atoms with Crippen LogP contribution in [0.15, 0.2) is 35.5 Å². The Hall–Kier alpha value is -2.10. The number of benzene rings is 1. The molecule has 1 unspecified atom stereocenters. The summed E-state index contributed by atoms with van der Waals surface area (Å²) in [4.78, 5) is 24.5.